The van der Waals surface area contributed by atoms with Crippen molar-refractivity contribution in [3.8, 4) is 0 Å². The summed E-state index contributed by atoms with van der Waals surface area (Å²) in [6.45, 7) is 0. The highest BCUT2D eigenvalue weighted by Gasteiger charge is 2.15. The third kappa shape index (κ3) is 2.42. The Balaban J connectivity index is 2.44. The lowest BCUT2D eigenvalue weighted by Crippen LogP contribution is -2.04. The maximum absolute atomic E-state index is 13.7. The van der Waals surface area contributed by atoms with Gasteiger partial charge in [0.15, 0.2) is 5.78 Å². The maximum Gasteiger partial charge on any atom is 0.196 e. The van der Waals surface area contributed by atoms with E-state index in [9.17, 15) is 13.6 Å². The molecule has 0 saturated heterocycles. The molecule has 0 bridgehead atoms. The molecule has 2 aromatic rings. The smallest absolute Gasteiger partial charge is 0.196 e. The van der Waals surface area contributed by atoms with Gasteiger partial charge >= 0.3 is 0 Å². The number of carbonyl (C=O) groups is 1. The monoisotopic (exact) mass is 296 g/mol. The predicted octanol–water partition coefficient (Wildman–Crippen LogP) is 3.96. The molecule has 0 unspecified atom stereocenters. The lowest BCUT2D eigenvalue weighted by Gasteiger charge is -2.03. The SMILES string of the molecule is O=C(c1ccc(F)cc1)c1cccc(Br)c1F. The van der Waals surface area contributed by atoms with E-state index >= 15 is 0 Å². The van der Waals surface area contributed by atoms with E-state index in [4.69, 9.17) is 0 Å². The van der Waals surface area contributed by atoms with E-state index in [1.165, 1.54) is 36.4 Å². The van der Waals surface area contributed by atoms with Gasteiger partial charge in [0.1, 0.15) is 11.6 Å². The molecule has 17 heavy (non-hydrogen) atoms. The fourth-order valence-electron chi connectivity index (χ4n) is 1.44. The van der Waals surface area contributed by atoms with Crippen molar-refractivity contribution in [1.29, 1.82) is 0 Å². The van der Waals surface area contributed by atoms with Crippen LogP contribution >= 0.6 is 15.9 Å². The minimum Gasteiger partial charge on any atom is -0.288 e. The Hall–Kier alpha value is -1.55. The van der Waals surface area contributed by atoms with Crippen LogP contribution in [-0.4, -0.2) is 5.78 Å². The number of hydrogen-bond donors (Lipinski definition) is 0. The third-order valence-corrected chi connectivity index (χ3v) is 2.92. The standard InChI is InChI=1S/C13H7BrF2O/c14-11-3-1-2-10(12(11)16)13(17)8-4-6-9(15)7-5-8/h1-7H. The van der Waals surface area contributed by atoms with Gasteiger partial charge in [0, 0.05) is 5.56 Å². The second kappa shape index (κ2) is 4.75. The highest BCUT2D eigenvalue weighted by atomic mass is 79.9. The van der Waals surface area contributed by atoms with Gasteiger partial charge in [-0.2, -0.15) is 0 Å². The summed E-state index contributed by atoms with van der Waals surface area (Å²) in [4.78, 5) is 11.9. The fraction of sp³-hybridized carbons (Fsp3) is 0. The molecule has 0 amide bonds. The molecule has 4 heteroatoms. The molecule has 0 N–H and O–H groups in total. The van der Waals surface area contributed by atoms with Gasteiger partial charge in [-0.1, -0.05) is 6.07 Å². The molecule has 0 radical (unpaired) electrons. The zero-order valence-corrected chi connectivity index (χ0v) is 10.2. The number of benzene rings is 2. The van der Waals surface area contributed by atoms with Crippen molar-refractivity contribution in [2.75, 3.05) is 0 Å². The molecule has 0 aromatic heterocycles. The third-order valence-electron chi connectivity index (χ3n) is 2.30. The van der Waals surface area contributed by atoms with Crippen LogP contribution in [0.25, 0.3) is 0 Å². The van der Waals surface area contributed by atoms with Gasteiger partial charge in [-0.05, 0) is 52.3 Å². The maximum atomic E-state index is 13.7. The topological polar surface area (TPSA) is 17.1 Å². The summed E-state index contributed by atoms with van der Waals surface area (Å²) in [6.07, 6.45) is 0. The van der Waals surface area contributed by atoms with Crippen molar-refractivity contribution < 1.29 is 13.6 Å². The molecule has 1 nitrogen and oxygen atoms in total. The average molecular weight is 297 g/mol. The number of ketones is 1. The van der Waals surface area contributed by atoms with E-state index in [1.54, 1.807) is 6.07 Å². The van der Waals surface area contributed by atoms with Gasteiger partial charge < -0.3 is 0 Å². The Morgan fingerprint density at radius 2 is 1.65 bits per heavy atom. The van der Waals surface area contributed by atoms with Gasteiger partial charge in [0.05, 0.1) is 10.0 Å². The molecule has 0 atom stereocenters. The van der Waals surface area contributed by atoms with E-state index in [1.807, 2.05) is 0 Å². The van der Waals surface area contributed by atoms with E-state index in [0.29, 0.717) is 0 Å². The molecule has 0 saturated carbocycles. The Bertz CT molecular complexity index is 564. The first-order valence-corrected chi connectivity index (χ1v) is 5.63. The summed E-state index contributed by atoms with van der Waals surface area (Å²) in [7, 11) is 0. The predicted molar refractivity (Wildman–Crippen MR) is 63.9 cm³/mol. The summed E-state index contributed by atoms with van der Waals surface area (Å²) in [5.41, 5.74) is 0.217. The largest absolute Gasteiger partial charge is 0.288 e. The summed E-state index contributed by atoms with van der Waals surface area (Å²) in [5, 5.41) is 0. The van der Waals surface area contributed by atoms with Crippen LogP contribution in [0.15, 0.2) is 46.9 Å². The van der Waals surface area contributed by atoms with Crippen LogP contribution in [0.5, 0.6) is 0 Å². The first-order chi connectivity index (χ1) is 8.09. The van der Waals surface area contributed by atoms with Gasteiger partial charge in [-0.3, -0.25) is 4.79 Å². The van der Waals surface area contributed by atoms with Crippen molar-refractivity contribution in [2.24, 2.45) is 0 Å². The van der Waals surface area contributed by atoms with Crippen molar-refractivity contribution in [3.63, 3.8) is 0 Å². The van der Waals surface area contributed by atoms with Crippen LogP contribution in [0.1, 0.15) is 15.9 Å². The minimum atomic E-state index is -0.609. The summed E-state index contributed by atoms with van der Waals surface area (Å²) in [5.74, 6) is -1.51. The molecule has 0 aliphatic rings. The van der Waals surface area contributed by atoms with E-state index in [-0.39, 0.29) is 15.6 Å². The Morgan fingerprint density at radius 3 is 2.29 bits per heavy atom. The molecule has 0 heterocycles. The first-order valence-electron chi connectivity index (χ1n) is 4.84. The van der Waals surface area contributed by atoms with Crippen molar-refractivity contribution in [1.82, 2.24) is 0 Å². The van der Waals surface area contributed by atoms with Crippen LogP contribution in [0.2, 0.25) is 0 Å². The first kappa shape index (κ1) is 11.9. The van der Waals surface area contributed by atoms with Crippen LogP contribution in [-0.2, 0) is 0 Å². The average Bonchev–Trinajstić information content (AvgIpc) is 2.33. The highest BCUT2D eigenvalue weighted by molar-refractivity contribution is 9.10. The van der Waals surface area contributed by atoms with Gasteiger partial charge in [-0.15, -0.1) is 0 Å². The lowest BCUT2D eigenvalue weighted by molar-refractivity contribution is 0.103. The molecule has 0 aliphatic heterocycles. The van der Waals surface area contributed by atoms with E-state index in [2.05, 4.69) is 15.9 Å². The highest BCUT2D eigenvalue weighted by Crippen LogP contribution is 2.21. The number of hydrogen-bond acceptors (Lipinski definition) is 1. The molecule has 2 aromatic carbocycles. The molecule has 0 spiro atoms. The molecule has 2 rings (SSSR count). The quantitative estimate of drug-likeness (QED) is 0.767. The second-order valence-corrected chi connectivity index (χ2v) is 4.29. The van der Waals surface area contributed by atoms with E-state index in [0.717, 1.165) is 0 Å². The van der Waals surface area contributed by atoms with Gasteiger partial charge in [0.2, 0.25) is 0 Å². The molecule has 86 valence electrons. The summed E-state index contributed by atoms with van der Waals surface area (Å²) < 4.78 is 26.6. The molecular weight excluding hydrogens is 290 g/mol. The van der Waals surface area contributed by atoms with Crippen LogP contribution in [0.4, 0.5) is 8.78 Å². The van der Waals surface area contributed by atoms with Crippen LogP contribution in [0.3, 0.4) is 0 Å². The number of carbonyl (C=O) groups excluding carboxylic acids is 1. The summed E-state index contributed by atoms with van der Waals surface area (Å²) >= 11 is 3.01. The number of halogens is 3. The molecular formula is C13H7BrF2O. The van der Waals surface area contributed by atoms with Gasteiger partial charge in [-0.25, -0.2) is 8.78 Å². The Morgan fingerprint density at radius 1 is 1.00 bits per heavy atom. The van der Waals surface area contributed by atoms with Crippen molar-refractivity contribution >= 4 is 21.7 Å². The zero-order valence-electron chi connectivity index (χ0n) is 8.58. The fourth-order valence-corrected chi connectivity index (χ4v) is 1.80. The minimum absolute atomic E-state index is 0.0361. The van der Waals surface area contributed by atoms with Crippen LogP contribution < -0.4 is 0 Å². The molecule has 0 fully saturated rings. The van der Waals surface area contributed by atoms with Crippen LogP contribution in [0, 0.1) is 11.6 Å². The zero-order chi connectivity index (χ0) is 12.4. The van der Waals surface area contributed by atoms with E-state index < -0.39 is 17.4 Å². The Labute approximate surface area is 105 Å². The Kier molecular flexibility index (Phi) is 3.33. The second-order valence-electron chi connectivity index (χ2n) is 3.44. The van der Waals surface area contributed by atoms with Gasteiger partial charge in [0.25, 0.3) is 0 Å². The lowest BCUT2D eigenvalue weighted by atomic mass is 10.0. The molecule has 0 aliphatic carbocycles. The number of rotatable bonds is 2. The van der Waals surface area contributed by atoms with Crippen molar-refractivity contribution in [3.05, 3.63) is 69.7 Å². The normalized spacial score (nSPS) is 10.3. The van der Waals surface area contributed by atoms with Crippen molar-refractivity contribution in [2.45, 2.75) is 0 Å². The summed E-state index contributed by atoms with van der Waals surface area (Å²) in [6, 6.07) is 9.48.